The number of fused-ring (bicyclic) bond motifs is 1. The van der Waals surface area contributed by atoms with Gasteiger partial charge in [0.1, 0.15) is 11.3 Å². The van der Waals surface area contributed by atoms with Crippen molar-refractivity contribution in [3.8, 4) is 0 Å². The summed E-state index contributed by atoms with van der Waals surface area (Å²) in [5.41, 5.74) is 4.01. The Kier molecular flexibility index (Phi) is 5.10. The van der Waals surface area contributed by atoms with Crippen molar-refractivity contribution < 1.29 is 4.42 Å². The van der Waals surface area contributed by atoms with Gasteiger partial charge in [-0.1, -0.05) is 40.7 Å². The van der Waals surface area contributed by atoms with Gasteiger partial charge >= 0.3 is 0 Å². The molecule has 0 amide bonds. The van der Waals surface area contributed by atoms with Gasteiger partial charge in [0.25, 0.3) is 0 Å². The molecule has 1 aromatic heterocycles. The van der Waals surface area contributed by atoms with E-state index in [-0.39, 0.29) is 5.41 Å². The Morgan fingerprint density at radius 1 is 1.14 bits per heavy atom. The first-order chi connectivity index (χ1) is 10.0. The van der Waals surface area contributed by atoms with E-state index < -0.39 is 0 Å². The molecule has 1 aromatic carbocycles. The first-order valence-corrected chi connectivity index (χ1v) is 8.29. The molecule has 2 heteroatoms. The van der Waals surface area contributed by atoms with Crippen molar-refractivity contribution in [3.05, 3.63) is 35.1 Å². The minimum Gasteiger partial charge on any atom is -0.459 e. The number of rotatable bonds is 7. The van der Waals surface area contributed by atoms with Gasteiger partial charge in [-0.05, 0) is 48.9 Å². The first kappa shape index (κ1) is 16.1. The van der Waals surface area contributed by atoms with Crippen LogP contribution in [0.2, 0.25) is 0 Å². The smallest absolute Gasteiger partial charge is 0.134 e. The molecule has 0 fully saturated rings. The second kappa shape index (κ2) is 6.65. The van der Waals surface area contributed by atoms with Gasteiger partial charge in [0, 0.05) is 10.9 Å². The lowest BCUT2D eigenvalue weighted by Crippen LogP contribution is -2.15. The number of hydrogen-bond donors (Lipinski definition) is 1. The standard InChI is InChI=1S/C19H29NO/c1-6-11-20-13-18-15(7-2)16-12-14(19(4,5)8-3)9-10-17(16)21-18/h9-10,12,20H,6-8,11,13H2,1-5H3. The zero-order valence-electron chi connectivity index (χ0n) is 14.2. The molecule has 0 saturated heterocycles. The largest absolute Gasteiger partial charge is 0.459 e. The van der Waals surface area contributed by atoms with Crippen molar-refractivity contribution in [2.24, 2.45) is 0 Å². The Balaban J connectivity index is 2.41. The molecule has 0 unspecified atom stereocenters. The van der Waals surface area contributed by atoms with E-state index in [1.807, 2.05) is 0 Å². The summed E-state index contributed by atoms with van der Waals surface area (Å²) in [7, 11) is 0. The van der Waals surface area contributed by atoms with Crippen LogP contribution in [0, 0.1) is 0 Å². The Labute approximate surface area is 128 Å². The number of furan rings is 1. The van der Waals surface area contributed by atoms with Crippen molar-refractivity contribution in [1.82, 2.24) is 5.32 Å². The van der Waals surface area contributed by atoms with Crippen LogP contribution in [0.3, 0.4) is 0 Å². The molecule has 21 heavy (non-hydrogen) atoms. The summed E-state index contributed by atoms with van der Waals surface area (Å²) in [6, 6.07) is 6.70. The van der Waals surface area contributed by atoms with Crippen LogP contribution >= 0.6 is 0 Å². The SMILES string of the molecule is CCCNCc1oc2ccc(C(C)(C)CC)cc2c1CC. The molecule has 116 valence electrons. The maximum absolute atomic E-state index is 6.08. The highest BCUT2D eigenvalue weighted by Gasteiger charge is 2.20. The zero-order valence-corrected chi connectivity index (χ0v) is 14.2. The van der Waals surface area contributed by atoms with E-state index in [1.54, 1.807) is 0 Å². The molecule has 0 atom stereocenters. The lowest BCUT2D eigenvalue weighted by Gasteiger charge is -2.23. The maximum Gasteiger partial charge on any atom is 0.134 e. The van der Waals surface area contributed by atoms with Crippen LogP contribution in [-0.2, 0) is 18.4 Å². The van der Waals surface area contributed by atoms with Gasteiger partial charge in [-0.3, -0.25) is 0 Å². The second-order valence-corrected chi connectivity index (χ2v) is 6.48. The van der Waals surface area contributed by atoms with Gasteiger partial charge in [0.15, 0.2) is 0 Å². The third-order valence-corrected chi connectivity index (χ3v) is 4.61. The maximum atomic E-state index is 6.08. The molecule has 0 aliphatic rings. The third-order valence-electron chi connectivity index (χ3n) is 4.61. The van der Waals surface area contributed by atoms with Gasteiger partial charge in [0.2, 0.25) is 0 Å². The molecule has 1 N–H and O–H groups in total. The van der Waals surface area contributed by atoms with Gasteiger partial charge in [-0.2, -0.15) is 0 Å². The fourth-order valence-corrected chi connectivity index (χ4v) is 2.73. The molecular formula is C19H29NO. The minimum absolute atomic E-state index is 0.219. The Morgan fingerprint density at radius 2 is 1.90 bits per heavy atom. The van der Waals surface area contributed by atoms with Gasteiger partial charge in [-0.15, -0.1) is 0 Å². The van der Waals surface area contributed by atoms with Crippen molar-refractivity contribution in [2.75, 3.05) is 6.54 Å². The van der Waals surface area contributed by atoms with Crippen LogP contribution in [0.15, 0.2) is 22.6 Å². The highest BCUT2D eigenvalue weighted by Crippen LogP contribution is 2.33. The molecule has 0 radical (unpaired) electrons. The summed E-state index contributed by atoms with van der Waals surface area (Å²) in [4.78, 5) is 0. The molecule has 2 aromatic rings. The lowest BCUT2D eigenvalue weighted by molar-refractivity contribution is 0.503. The summed E-state index contributed by atoms with van der Waals surface area (Å²) < 4.78 is 6.08. The summed E-state index contributed by atoms with van der Waals surface area (Å²) in [6.45, 7) is 13.1. The van der Waals surface area contributed by atoms with E-state index >= 15 is 0 Å². The topological polar surface area (TPSA) is 25.2 Å². The molecule has 1 heterocycles. The number of benzene rings is 1. The van der Waals surface area contributed by atoms with Crippen molar-refractivity contribution in [3.63, 3.8) is 0 Å². The third kappa shape index (κ3) is 3.32. The van der Waals surface area contributed by atoms with E-state index in [1.165, 1.54) is 16.5 Å². The predicted molar refractivity (Wildman–Crippen MR) is 90.9 cm³/mol. The minimum atomic E-state index is 0.219. The van der Waals surface area contributed by atoms with E-state index in [2.05, 4.69) is 58.1 Å². The van der Waals surface area contributed by atoms with Crippen LogP contribution in [-0.4, -0.2) is 6.54 Å². The normalized spacial score (nSPS) is 12.2. The molecule has 0 saturated carbocycles. The van der Waals surface area contributed by atoms with Crippen molar-refractivity contribution >= 4 is 11.0 Å². The van der Waals surface area contributed by atoms with Gasteiger partial charge in [-0.25, -0.2) is 0 Å². The highest BCUT2D eigenvalue weighted by atomic mass is 16.3. The second-order valence-electron chi connectivity index (χ2n) is 6.48. The zero-order chi connectivity index (χ0) is 15.5. The number of hydrogen-bond acceptors (Lipinski definition) is 2. The molecular weight excluding hydrogens is 258 g/mol. The molecule has 2 nitrogen and oxygen atoms in total. The van der Waals surface area contributed by atoms with Crippen LogP contribution in [0.4, 0.5) is 0 Å². The predicted octanol–water partition coefficient (Wildman–Crippen LogP) is 5.18. The summed E-state index contributed by atoms with van der Waals surface area (Å²) in [5.74, 6) is 1.10. The monoisotopic (exact) mass is 287 g/mol. The van der Waals surface area contributed by atoms with Crippen molar-refractivity contribution in [2.45, 2.75) is 65.8 Å². The fraction of sp³-hybridized carbons (Fsp3) is 0.579. The van der Waals surface area contributed by atoms with Gasteiger partial charge < -0.3 is 9.73 Å². The van der Waals surface area contributed by atoms with E-state index in [0.717, 1.165) is 43.7 Å². The lowest BCUT2D eigenvalue weighted by atomic mass is 9.81. The average Bonchev–Trinajstić information content (AvgIpc) is 2.84. The van der Waals surface area contributed by atoms with Crippen molar-refractivity contribution in [1.29, 1.82) is 0 Å². The summed E-state index contributed by atoms with van der Waals surface area (Å²) in [6.07, 6.45) is 3.31. The molecule has 0 aliphatic heterocycles. The Morgan fingerprint density at radius 3 is 2.52 bits per heavy atom. The van der Waals surface area contributed by atoms with Crippen LogP contribution in [0.1, 0.15) is 64.3 Å². The fourth-order valence-electron chi connectivity index (χ4n) is 2.73. The molecule has 0 spiro atoms. The number of aryl methyl sites for hydroxylation is 1. The summed E-state index contributed by atoms with van der Waals surface area (Å²) >= 11 is 0. The molecule has 0 aliphatic carbocycles. The summed E-state index contributed by atoms with van der Waals surface area (Å²) in [5, 5.41) is 4.75. The highest BCUT2D eigenvalue weighted by molar-refractivity contribution is 5.83. The van der Waals surface area contributed by atoms with Crippen LogP contribution in [0.25, 0.3) is 11.0 Å². The molecule has 0 bridgehead atoms. The first-order valence-electron chi connectivity index (χ1n) is 8.29. The average molecular weight is 287 g/mol. The molecule has 2 rings (SSSR count). The van der Waals surface area contributed by atoms with E-state index in [0.29, 0.717) is 0 Å². The Bertz CT molecular complexity index is 595. The van der Waals surface area contributed by atoms with E-state index in [4.69, 9.17) is 4.42 Å². The quantitative estimate of drug-likeness (QED) is 0.710. The van der Waals surface area contributed by atoms with Gasteiger partial charge in [0.05, 0.1) is 6.54 Å². The number of nitrogens with one attached hydrogen (secondary N) is 1. The van der Waals surface area contributed by atoms with E-state index in [9.17, 15) is 0 Å². The van der Waals surface area contributed by atoms with Crippen LogP contribution in [0.5, 0.6) is 0 Å². The van der Waals surface area contributed by atoms with Crippen LogP contribution < -0.4 is 5.32 Å². The Hall–Kier alpha value is -1.28.